The molecule has 1 aromatic heterocycles. The van der Waals surface area contributed by atoms with Gasteiger partial charge in [0.15, 0.2) is 0 Å². The van der Waals surface area contributed by atoms with Crippen LogP contribution in [0.5, 0.6) is 0 Å². The molecule has 1 heterocycles. The first-order valence-electron chi connectivity index (χ1n) is 5.87. The van der Waals surface area contributed by atoms with E-state index in [2.05, 4.69) is 17.3 Å². The summed E-state index contributed by atoms with van der Waals surface area (Å²) in [5, 5.41) is 18.4. The topological polar surface area (TPSA) is 73.0 Å². The number of aryl methyl sites for hydroxylation is 2. The van der Waals surface area contributed by atoms with Crippen LogP contribution in [0.4, 0.5) is 5.69 Å². The maximum absolute atomic E-state index is 11.0. The lowest BCUT2D eigenvalue weighted by molar-refractivity contribution is -0.386. The van der Waals surface area contributed by atoms with Crippen molar-refractivity contribution in [1.29, 1.82) is 0 Å². The van der Waals surface area contributed by atoms with E-state index in [0.29, 0.717) is 17.8 Å². The van der Waals surface area contributed by atoms with Crippen molar-refractivity contribution in [2.75, 3.05) is 6.54 Å². The van der Waals surface area contributed by atoms with E-state index in [9.17, 15) is 10.1 Å². The fourth-order valence-corrected chi connectivity index (χ4v) is 1.91. The molecule has 0 bridgehead atoms. The average Bonchev–Trinajstić information content (AvgIpc) is 2.51. The fraction of sp³-hybridized carbons (Fsp3) is 0.727. The minimum Gasteiger partial charge on any atom is -0.314 e. The van der Waals surface area contributed by atoms with Crippen LogP contribution in [0.3, 0.4) is 0 Å². The zero-order chi connectivity index (χ0) is 13.0. The normalized spacial score (nSPS) is 12.7. The lowest BCUT2D eigenvalue weighted by atomic mass is 10.1. The molecule has 0 aromatic carbocycles. The second kappa shape index (κ2) is 5.77. The zero-order valence-corrected chi connectivity index (χ0v) is 10.9. The Labute approximate surface area is 101 Å². The van der Waals surface area contributed by atoms with Crippen LogP contribution in [0.1, 0.15) is 31.7 Å². The molecular weight excluding hydrogens is 220 g/mol. The molecular formula is C11H20N4O2. The summed E-state index contributed by atoms with van der Waals surface area (Å²) in [6.45, 7) is 6.72. The molecule has 17 heavy (non-hydrogen) atoms. The molecule has 1 N–H and O–H groups in total. The molecule has 1 atom stereocenters. The van der Waals surface area contributed by atoms with Crippen LogP contribution in [-0.4, -0.2) is 27.3 Å². The van der Waals surface area contributed by atoms with Gasteiger partial charge < -0.3 is 5.32 Å². The van der Waals surface area contributed by atoms with Crippen LogP contribution in [-0.2, 0) is 13.5 Å². The highest BCUT2D eigenvalue weighted by Gasteiger charge is 2.24. The van der Waals surface area contributed by atoms with Gasteiger partial charge in [0.2, 0.25) is 0 Å². The summed E-state index contributed by atoms with van der Waals surface area (Å²) in [6, 6.07) is 0.212. The van der Waals surface area contributed by atoms with Gasteiger partial charge in [0.05, 0.1) is 4.92 Å². The van der Waals surface area contributed by atoms with Gasteiger partial charge in [-0.2, -0.15) is 5.10 Å². The quantitative estimate of drug-likeness (QED) is 0.605. The van der Waals surface area contributed by atoms with E-state index in [1.54, 1.807) is 18.7 Å². The lowest BCUT2D eigenvalue weighted by Gasteiger charge is -2.12. The summed E-state index contributed by atoms with van der Waals surface area (Å²) in [5.41, 5.74) is 1.32. The van der Waals surface area contributed by atoms with E-state index in [-0.39, 0.29) is 16.7 Å². The number of nitrogens with zero attached hydrogens (tertiary/aromatic N) is 3. The van der Waals surface area contributed by atoms with E-state index < -0.39 is 0 Å². The number of hydrogen-bond donors (Lipinski definition) is 1. The number of hydrogen-bond acceptors (Lipinski definition) is 4. The Bertz CT molecular complexity index is 400. The molecule has 0 fully saturated rings. The van der Waals surface area contributed by atoms with Gasteiger partial charge in [-0.1, -0.05) is 6.92 Å². The van der Waals surface area contributed by atoms with E-state index >= 15 is 0 Å². The summed E-state index contributed by atoms with van der Waals surface area (Å²) in [5.74, 6) is 0. The van der Waals surface area contributed by atoms with Crippen molar-refractivity contribution in [2.45, 2.75) is 39.7 Å². The van der Waals surface area contributed by atoms with E-state index in [0.717, 1.165) is 13.0 Å². The van der Waals surface area contributed by atoms with Crippen molar-refractivity contribution in [3.8, 4) is 0 Å². The van der Waals surface area contributed by atoms with Crippen LogP contribution < -0.4 is 5.32 Å². The van der Waals surface area contributed by atoms with Gasteiger partial charge in [-0.05, 0) is 26.8 Å². The maximum Gasteiger partial charge on any atom is 0.313 e. The minimum absolute atomic E-state index is 0.151. The monoisotopic (exact) mass is 240 g/mol. The molecule has 0 aliphatic heterocycles. The molecule has 6 nitrogen and oxygen atoms in total. The summed E-state index contributed by atoms with van der Waals surface area (Å²) in [4.78, 5) is 10.6. The van der Waals surface area contributed by atoms with Crippen LogP contribution in [0.25, 0.3) is 0 Å². The largest absolute Gasteiger partial charge is 0.314 e. The fourth-order valence-electron chi connectivity index (χ4n) is 1.91. The third-order valence-electron chi connectivity index (χ3n) is 2.73. The van der Waals surface area contributed by atoms with E-state index in [4.69, 9.17) is 0 Å². The molecule has 0 amide bonds. The number of nitro groups is 1. The Morgan fingerprint density at radius 1 is 1.59 bits per heavy atom. The summed E-state index contributed by atoms with van der Waals surface area (Å²) in [6.07, 6.45) is 1.67. The van der Waals surface area contributed by atoms with Crippen molar-refractivity contribution < 1.29 is 4.92 Å². The molecule has 1 aromatic rings. The summed E-state index contributed by atoms with van der Waals surface area (Å²) in [7, 11) is 1.75. The Morgan fingerprint density at radius 2 is 2.24 bits per heavy atom. The van der Waals surface area contributed by atoms with Crippen molar-refractivity contribution >= 4 is 5.69 Å². The van der Waals surface area contributed by atoms with Crippen molar-refractivity contribution in [1.82, 2.24) is 15.1 Å². The van der Waals surface area contributed by atoms with Gasteiger partial charge in [0.25, 0.3) is 0 Å². The minimum atomic E-state index is -0.343. The molecule has 96 valence electrons. The van der Waals surface area contributed by atoms with Crippen LogP contribution in [0.15, 0.2) is 0 Å². The van der Waals surface area contributed by atoms with Gasteiger partial charge >= 0.3 is 5.69 Å². The Kier molecular flexibility index (Phi) is 4.62. The van der Waals surface area contributed by atoms with Gasteiger partial charge in [-0.25, -0.2) is 0 Å². The molecule has 0 aliphatic carbocycles. The number of rotatable bonds is 6. The Morgan fingerprint density at radius 3 is 2.76 bits per heavy atom. The first kappa shape index (κ1) is 13.6. The maximum atomic E-state index is 11.0. The van der Waals surface area contributed by atoms with Crippen molar-refractivity contribution in [3.05, 3.63) is 21.5 Å². The Balaban J connectivity index is 2.86. The average molecular weight is 240 g/mol. The standard InChI is InChI=1S/C11H20N4O2/c1-5-6-12-8(2)7-10-11(15(16)17)9(3)13-14(10)4/h8,12H,5-7H2,1-4H3. The molecule has 6 heteroatoms. The van der Waals surface area contributed by atoms with E-state index in [1.165, 1.54) is 0 Å². The smallest absolute Gasteiger partial charge is 0.313 e. The first-order chi connectivity index (χ1) is 7.97. The Hall–Kier alpha value is -1.43. The lowest BCUT2D eigenvalue weighted by Crippen LogP contribution is -2.29. The van der Waals surface area contributed by atoms with Crippen LogP contribution in [0.2, 0.25) is 0 Å². The predicted molar refractivity (Wildman–Crippen MR) is 66.1 cm³/mol. The second-order valence-electron chi connectivity index (χ2n) is 4.32. The molecule has 1 unspecified atom stereocenters. The molecule has 0 radical (unpaired) electrons. The van der Waals surface area contributed by atoms with Crippen LogP contribution in [0, 0.1) is 17.0 Å². The van der Waals surface area contributed by atoms with Gasteiger partial charge in [0, 0.05) is 19.5 Å². The van der Waals surface area contributed by atoms with Crippen molar-refractivity contribution in [2.24, 2.45) is 7.05 Å². The highest BCUT2D eigenvalue weighted by molar-refractivity contribution is 5.40. The molecule has 0 spiro atoms. The highest BCUT2D eigenvalue weighted by atomic mass is 16.6. The predicted octanol–water partition coefficient (Wildman–Crippen LogP) is 1.57. The van der Waals surface area contributed by atoms with E-state index in [1.807, 2.05) is 6.92 Å². The van der Waals surface area contributed by atoms with Gasteiger partial charge in [-0.15, -0.1) is 0 Å². The molecule has 0 saturated heterocycles. The third kappa shape index (κ3) is 3.26. The van der Waals surface area contributed by atoms with Gasteiger partial charge in [-0.3, -0.25) is 14.8 Å². The summed E-state index contributed by atoms with van der Waals surface area (Å²) >= 11 is 0. The SMILES string of the molecule is CCCNC(C)Cc1c([N+](=O)[O-])c(C)nn1C. The molecule has 0 saturated carbocycles. The van der Waals surface area contributed by atoms with Gasteiger partial charge in [0.1, 0.15) is 11.4 Å². The van der Waals surface area contributed by atoms with Crippen molar-refractivity contribution in [3.63, 3.8) is 0 Å². The van der Waals surface area contributed by atoms with Crippen LogP contribution >= 0.6 is 0 Å². The highest BCUT2D eigenvalue weighted by Crippen LogP contribution is 2.23. The second-order valence-corrected chi connectivity index (χ2v) is 4.32. The molecule has 0 aliphatic rings. The first-order valence-corrected chi connectivity index (χ1v) is 5.87. The number of nitrogens with one attached hydrogen (secondary N) is 1. The molecule has 1 rings (SSSR count). The summed E-state index contributed by atoms with van der Waals surface area (Å²) < 4.78 is 1.61. The third-order valence-corrected chi connectivity index (χ3v) is 2.73. The zero-order valence-electron chi connectivity index (χ0n) is 10.9. The number of aromatic nitrogens is 2.